The summed E-state index contributed by atoms with van der Waals surface area (Å²) in [7, 11) is 0. The monoisotopic (exact) mass is 299 g/mol. The van der Waals surface area contributed by atoms with Crippen LogP contribution in [0.15, 0.2) is 52.6 Å². The Morgan fingerprint density at radius 2 is 1.95 bits per heavy atom. The Labute approximate surface area is 127 Å². The Balaban J connectivity index is 1.78. The first-order chi connectivity index (χ1) is 10.2. The quantitative estimate of drug-likeness (QED) is 0.747. The number of anilines is 1. The fraction of sp³-hybridized carbons (Fsp3) is 0.250. The van der Waals surface area contributed by atoms with Crippen molar-refractivity contribution in [3.8, 4) is 11.5 Å². The van der Waals surface area contributed by atoms with Gasteiger partial charge in [-0.1, -0.05) is 19.9 Å². The zero-order valence-corrected chi connectivity index (χ0v) is 12.8. The van der Waals surface area contributed by atoms with E-state index in [1.807, 2.05) is 24.3 Å². The summed E-state index contributed by atoms with van der Waals surface area (Å²) in [4.78, 5) is 1.35. The second-order valence-electron chi connectivity index (χ2n) is 5.20. The average molecular weight is 299 g/mol. The molecule has 0 radical (unpaired) electrons. The van der Waals surface area contributed by atoms with Crippen LogP contribution in [0.4, 0.5) is 5.69 Å². The van der Waals surface area contributed by atoms with Crippen LogP contribution < -0.4 is 5.32 Å². The summed E-state index contributed by atoms with van der Waals surface area (Å²) < 4.78 is 5.20. The van der Waals surface area contributed by atoms with Crippen LogP contribution in [0.2, 0.25) is 0 Å². The number of hydrogen-bond donors (Lipinski definition) is 1. The van der Waals surface area contributed by atoms with Crippen LogP contribution in [0.5, 0.6) is 0 Å². The van der Waals surface area contributed by atoms with Crippen molar-refractivity contribution >= 4 is 17.0 Å². The third-order valence-corrected chi connectivity index (χ3v) is 4.29. The van der Waals surface area contributed by atoms with Crippen LogP contribution >= 0.6 is 11.3 Å². The molecule has 2 heterocycles. The number of nitrogens with one attached hydrogen (secondary N) is 1. The summed E-state index contributed by atoms with van der Waals surface area (Å²) in [5.41, 5.74) is 2.01. The fourth-order valence-electron chi connectivity index (χ4n) is 2.22. The maximum absolute atomic E-state index is 5.20. The Morgan fingerprint density at radius 3 is 2.52 bits per heavy atom. The molecule has 1 N–H and O–H groups in total. The molecular weight excluding hydrogens is 282 g/mol. The molecular formula is C16H17N3OS. The Kier molecular flexibility index (Phi) is 4.01. The van der Waals surface area contributed by atoms with Gasteiger partial charge in [0.05, 0.1) is 6.04 Å². The van der Waals surface area contributed by atoms with Crippen molar-refractivity contribution in [3.05, 3.63) is 53.0 Å². The minimum atomic E-state index is 0.319. The molecule has 0 amide bonds. The summed E-state index contributed by atoms with van der Waals surface area (Å²) in [6, 6.07) is 12.7. The minimum Gasteiger partial charge on any atom is -0.423 e. The summed E-state index contributed by atoms with van der Waals surface area (Å²) >= 11 is 1.78. The molecule has 5 heteroatoms. The highest BCUT2D eigenvalue weighted by Crippen LogP contribution is 2.30. The van der Waals surface area contributed by atoms with Gasteiger partial charge in [-0.05, 0) is 41.6 Å². The fourth-order valence-corrected chi connectivity index (χ4v) is 3.17. The van der Waals surface area contributed by atoms with Crippen molar-refractivity contribution in [1.82, 2.24) is 10.2 Å². The lowest BCUT2D eigenvalue weighted by Gasteiger charge is -2.22. The first-order valence-electron chi connectivity index (χ1n) is 6.90. The van der Waals surface area contributed by atoms with Crippen LogP contribution in [-0.4, -0.2) is 10.2 Å². The van der Waals surface area contributed by atoms with Gasteiger partial charge in [-0.25, -0.2) is 0 Å². The van der Waals surface area contributed by atoms with E-state index in [9.17, 15) is 0 Å². The van der Waals surface area contributed by atoms with E-state index in [-0.39, 0.29) is 0 Å². The van der Waals surface area contributed by atoms with Gasteiger partial charge in [-0.15, -0.1) is 21.5 Å². The molecule has 108 valence electrons. The van der Waals surface area contributed by atoms with Crippen LogP contribution in [0.1, 0.15) is 24.8 Å². The number of nitrogens with zero attached hydrogens (tertiary/aromatic N) is 2. The van der Waals surface area contributed by atoms with Gasteiger partial charge in [0.15, 0.2) is 0 Å². The molecule has 1 unspecified atom stereocenters. The first kappa shape index (κ1) is 13.8. The van der Waals surface area contributed by atoms with Gasteiger partial charge in [0.1, 0.15) is 0 Å². The predicted molar refractivity (Wildman–Crippen MR) is 85.3 cm³/mol. The van der Waals surface area contributed by atoms with E-state index in [1.54, 1.807) is 11.3 Å². The summed E-state index contributed by atoms with van der Waals surface area (Å²) in [5, 5.41) is 13.3. The molecule has 3 aromatic rings. The molecule has 0 bridgehead atoms. The van der Waals surface area contributed by atoms with E-state index in [0.29, 0.717) is 17.9 Å². The van der Waals surface area contributed by atoms with Gasteiger partial charge in [0, 0.05) is 16.1 Å². The third kappa shape index (κ3) is 3.13. The van der Waals surface area contributed by atoms with Crippen LogP contribution in [0.3, 0.4) is 0 Å². The standard InChI is InChI=1S/C16H17N3OS/c1-11(2)15(14-4-3-9-21-14)18-13-7-5-12(6-8-13)16-19-17-10-20-16/h3-11,15,18H,1-2H3. The Hall–Kier alpha value is -2.14. The number of thiophene rings is 1. The van der Waals surface area contributed by atoms with Gasteiger partial charge in [-0.2, -0.15) is 0 Å². The normalized spacial score (nSPS) is 12.5. The zero-order valence-electron chi connectivity index (χ0n) is 12.0. The molecule has 0 saturated carbocycles. The van der Waals surface area contributed by atoms with Crippen molar-refractivity contribution in [2.75, 3.05) is 5.32 Å². The van der Waals surface area contributed by atoms with Gasteiger partial charge in [-0.3, -0.25) is 0 Å². The van der Waals surface area contributed by atoms with Gasteiger partial charge < -0.3 is 9.73 Å². The van der Waals surface area contributed by atoms with Crippen LogP contribution in [-0.2, 0) is 0 Å². The lowest BCUT2D eigenvalue weighted by atomic mass is 10.0. The molecule has 0 saturated heterocycles. The van der Waals surface area contributed by atoms with E-state index in [2.05, 4.69) is 46.9 Å². The van der Waals surface area contributed by atoms with Gasteiger partial charge >= 0.3 is 0 Å². The summed E-state index contributed by atoms with van der Waals surface area (Å²) in [6.07, 6.45) is 1.34. The third-order valence-electron chi connectivity index (χ3n) is 3.33. The zero-order chi connectivity index (χ0) is 14.7. The van der Waals surface area contributed by atoms with Crippen molar-refractivity contribution < 1.29 is 4.42 Å². The molecule has 3 rings (SSSR count). The molecule has 0 aliphatic rings. The number of hydrogen-bond acceptors (Lipinski definition) is 5. The average Bonchev–Trinajstić information content (AvgIpc) is 3.18. The minimum absolute atomic E-state index is 0.319. The summed E-state index contributed by atoms with van der Waals surface area (Å²) in [5.74, 6) is 1.06. The molecule has 0 spiro atoms. The van der Waals surface area contributed by atoms with Crippen molar-refractivity contribution in [2.45, 2.75) is 19.9 Å². The van der Waals surface area contributed by atoms with Gasteiger partial charge in [0.2, 0.25) is 12.3 Å². The first-order valence-corrected chi connectivity index (χ1v) is 7.78. The number of rotatable bonds is 5. The van der Waals surface area contributed by atoms with E-state index in [4.69, 9.17) is 4.42 Å². The lowest BCUT2D eigenvalue weighted by Crippen LogP contribution is -2.15. The highest BCUT2D eigenvalue weighted by Gasteiger charge is 2.16. The Morgan fingerprint density at radius 1 is 1.14 bits per heavy atom. The lowest BCUT2D eigenvalue weighted by molar-refractivity contribution is 0.554. The predicted octanol–water partition coefficient (Wildman–Crippen LogP) is 4.61. The molecule has 0 aliphatic carbocycles. The molecule has 4 nitrogen and oxygen atoms in total. The second-order valence-corrected chi connectivity index (χ2v) is 6.18. The maximum atomic E-state index is 5.20. The smallest absolute Gasteiger partial charge is 0.247 e. The Bertz CT molecular complexity index is 660. The topological polar surface area (TPSA) is 51.0 Å². The highest BCUT2D eigenvalue weighted by atomic mass is 32.1. The molecule has 1 atom stereocenters. The number of aromatic nitrogens is 2. The number of benzene rings is 1. The van der Waals surface area contributed by atoms with E-state index in [0.717, 1.165) is 11.3 Å². The van der Waals surface area contributed by atoms with Crippen LogP contribution in [0, 0.1) is 5.92 Å². The van der Waals surface area contributed by atoms with Crippen LogP contribution in [0.25, 0.3) is 11.5 Å². The molecule has 2 aromatic heterocycles. The van der Waals surface area contributed by atoms with E-state index < -0.39 is 0 Å². The highest BCUT2D eigenvalue weighted by molar-refractivity contribution is 7.10. The van der Waals surface area contributed by atoms with E-state index in [1.165, 1.54) is 11.3 Å². The van der Waals surface area contributed by atoms with Crippen molar-refractivity contribution in [2.24, 2.45) is 5.92 Å². The largest absolute Gasteiger partial charge is 0.423 e. The SMILES string of the molecule is CC(C)C(Nc1ccc(-c2nnco2)cc1)c1cccs1. The van der Waals surface area contributed by atoms with Crippen molar-refractivity contribution in [3.63, 3.8) is 0 Å². The maximum Gasteiger partial charge on any atom is 0.247 e. The molecule has 0 aliphatic heterocycles. The summed E-state index contributed by atoms with van der Waals surface area (Å²) in [6.45, 7) is 4.45. The van der Waals surface area contributed by atoms with Crippen molar-refractivity contribution in [1.29, 1.82) is 0 Å². The second kappa shape index (κ2) is 6.10. The molecule has 21 heavy (non-hydrogen) atoms. The van der Waals surface area contributed by atoms with E-state index >= 15 is 0 Å². The molecule has 0 fully saturated rings. The molecule has 1 aromatic carbocycles. The van der Waals surface area contributed by atoms with Gasteiger partial charge in [0.25, 0.3) is 0 Å².